The van der Waals surface area contributed by atoms with Crippen LogP contribution in [0.15, 0.2) is 40.4 Å². The van der Waals surface area contributed by atoms with Crippen molar-refractivity contribution in [3.63, 3.8) is 0 Å². The molecule has 8 nitrogen and oxygen atoms in total. The van der Waals surface area contributed by atoms with Crippen molar-refractivity contribution in [3.8, 4) is 11.5 Å². The molecule has 1 aliphatic carbocycles. The van der Waals surface area contributed by atoms with E-state index in [1.807, 2.05) is 13.0 Å². The second-order valence-electron chi connectivity index (χ2n) is 6.52. The van der Waals surface area contributed by atoms with E-state index in [1.54, 1.807) is 11.0 Å². The number of hydrogen-bond donors (Lipinski definition) is 2. The first-order valence-electron chi connectivity index (χ1n) is 8.37. The van der Waals surface area contributed by atoms with Gasteiger partial charge in [0.15, 0.2) is 11.5 Å². The van der Waals surface area contributed by atoms with Gasteiger partial charge in [-0.3, -0.25) is 4.79 Å². The number of rotatable bonds is 5. The van der Waals surface area contributed by atoms with Crippen LogP contribution >= 0.6 is 0 Å². The van der Waals surface area contributed by atoms with Crippen molar-refractivity contribution in [2.75, 3.05) is 6.54 Å². The SMILES string of the molecule is Cc1cc(O)c(O)cc1CC1C2=C(CCN1C=O)CC(ON=[N+]=[N-])=CC2. The first kappa shape index (κ1) is 17.7. The normalized spacial score (nSPS) is 19.3. The van der Waals surface area contributed by atoms with Crippen molar-refractivity contribution < 1.29 is 19.8 Å². The van der Waals surface area contributed by atoms with E-state index in [9.17, 15) is 15.0 Å². The maximum Gasteiger partial charge on any atom is 0.210 e. The van der Waals surface area contributed by atoms with E-state index in [2.05, 4.69) is 10.2 Å². The number of hydrogen-bond acceptors (Lipinski definition) is 5. The summed E-state index contributed by atoms with van der Waals surface area (Å²) in [6.45, 7) is 2.47. The number of carbonyl (C=O) groups is 1. The molecule has 8 heteroatoms. The summed E-state index contributed by atoms with van der Waals surface area (Å²) in [5, 5.41) is 22.6. The maximum atomic E-state index is 11.6. The van der Waals surface area contributed by atoms with Gasteiger partial charge in [0, 0.05) is 17.9 Å². The van der Waals surface area contributed by atoms with Crippen LogP contribution in [0.4, 0.5) is 0 Å². The monoisotopic (exact) mass is 356 g/mol. The van der Waals surface area contributed by atoms with Crippen LogP contribution < -0.4 is 0 Å². The standard InChI is InChI=1S/C18H20N4O4/c1-11-6-17(24)18(25)9-13(11)8-16-15-3-2-14(26-21-20-19)7-12(15)4-5-22(16)10-23/h2,6,9-10,16,24-25H,3-5,7-8H2,1H3. The largest absolute Gasteiger partial charge is 0.504 e. The molecule has 1 aromatic carbocycles. The third-order valence-electron chi connectivity index (χ3n) is 5.04. The highest BCUT2D eigenvalue weighted by Gasteiger charge is 2.31. The molecule has 1 aromatic rings. The number of allylic oxidation sites excluding steroid dienone is 2. The summed E-state index contributed by atoms with van der Waals surface area (Å²) in [6.07, 6.45) is 5.22. The van der Waals surface area contributed by atoms with Gasteiger partial charge in [-0.05, 0) is 66.6 Å². The lowest BCUT2D eigenvalue weighted by Gasteiger charge is -2.38. The molecule has 0 spiro atoms. The third kappa shape index (κ3) is 3.45. The molecule has 1 heterocycles. The number of amides is 1. The fourth-order valence-corrected chi connectivity index (χ4v) is 3.66. The van der Waals surface area contributed by atoms with Crippen LogP contribution in [0.25, 0.3) is 10.4 Å². The summed E-state index contributed by atoms with van der Waals surface area (Å²) < 4.78 is 0. The highest BCUT2D eigenvalue weighted by atomic mass is 16.6. The van der Waals surface area contributed by atoms with Gasteiger partial charge in [-0.2, -0.15) is 0 Å². The van der Waals surface area contributed by atoms with Gasteiger partial charge in [0.2, 0.25) is 6.41 Å². The van der Waals surface area contributed by atoms with Crippen molar-refractivity contribution >= 4 is 6.41 Å². The number of phenolic OH excluding ortho intramolecular Hbond substituents is 2. The van der Waals surface area contributed by atoms with Crippen LogP contribution in [0.3, 0.4) is 0 Å². The van der Waals surface area contributed by atoms with Gasteiger partial charge in [-0.25, -0.2) is 0 Å². The van der Waals surface area contributed by atoms with Crippen molar-refractivity contribution in [2.24, 2.45) is 5.28 Å². The fourth-order valence-electron chi connectivity index (χ4n) is 3.66. The molecular formula is C18H20N4O4. The van der Waals surface area contributed by atoms with Crippen molar-refractivity contribution in [1.82, 2.24) is 4.90 Å². The summed E-state index contributed by atoms with van der Waals surface area (Å²) in [4.78, 5) is 21.0. The smallest absolute Gasteiger partial charge is 0.210 e. The van der Waals surface area contributed by atoms with Gasteiger partial charge in [0.05, 0.1) is 6.04 Å². The molecule has 26 heavy (non-hydrogen) atoms. The van der Waals surface area contributed by atoms with Gasteiger partial charge in [-0.15, -0.1) is 0 Å². The van der Waals surface area contributed by atoms with Crippen LogP contribution in [0.5, 0.6) is 11.5 Å². The quantitative estimate of drug-likeness (QED) is 0.160. The van der Waals surface area contributed by atoms with Crippen LogP contribution in [0.2, 0.25) is 0 Å². The predicted octanol–water partition coefficient (Wildman–Crippen LogP) is 3.40. The molecule has 0 radical (unpaired) electrons. The summed E-state index contributed by atoms with van der Waals surface area (Å²) in [5.74, 6) is 0.308. The fraction of sp³-hybridized carbons (Fsp3) is 0.389. The molecule has 1 aliphatic heterocycles. The van der Waals surface area contributed by atoms with E-state index in [4.69, 9.17) is 10.4 Å². The first-order valence-corrected chi connectivity index (χ1v) is 8.37. The van der Waals surface area contributed by atoms with Crippen molar-refractivity contribution in [1.29, 1.82) is 0 Å². The first-order chi connectivity index (χ1) is 12.5. The number of nitrogens with zero attached hydrogens (tertiary/aromatic N) is 4. The van der Waals surface area contributed by atoms with Crippen LogP contribution in [0, 0.1) is 6.92 Å². The predicted molar refractivity (Wildman–Crippen MR) is 94.0 cm³/mol. The molecule has 1 atom stereocenters. The Labute approximate surface area is 150 Å². The summed E-state index contributed by atoms with van der Waals surface area (Å²) >= 11 is 0. The minimum absolute atomic E-state index is 0.115. The van der Waals surface area contributed by atoms with E-state index < -0.39 is 0 Å². The van der Waals surface area contributed by atoms with E-state index in [-0.39, 0.29) is 17.5 Å². The van der Waals surface area contributed by atoms with Gasteiger partial charge >= 0.3 is 0 Å². The van der Waals surface area contributed by atoms with Crippen molar-refractivity contribution in [2.45, 2.75) is 38.6 Å². The minimum Gasteiger partial charge on any atom is -0.504 e. The molecule has 0 aromatic heterocycles. The number of phenols is 2. The van der Waals surface area contributed by atoms with Gasteiger partial charge in [-0.1, -0.05) is 5.57 Å². The lowest BCUT2D eigenvalue weighted by atomic mass is 9.82. The second kappa shape index (κ2) is 7.41. The molecular weight excluding hydrogens is 336 g/mol. The van der Waals surface area contributed by atoms with Crippen LogP contribution in [-0.2, 0) is 16.1 Å². The van der Waals surface area contributed by atoms with Crippen LogP contribution in [0.1, 0.15) is 30.4 Å². The number of benzene rings is 1. The Hall–Kier alpha value is -3.12. The molecule has 0 saturated carbocycles. The van der Waals surface area contributed by atoms with Gasteiger partial charge in [0.25, 0.3) is 0 Å². The topological polar surface area (TPSA) is 119 Å². The Kier molecular flexibility index (Phi) is 5.04. The molecule has 2 aliphatic rings. The molecule has 3 rings (SSSR count). The second-order valence-corrected chi connectivity index (χ2v) is 6.52. The molecule has 1 amide bonds. The Bertz CT molecular complexity index is 840. The molecule has 0 bridgehead atoms. The summed E-state index contributed by atoms with van der Waals surface area (Å²) in [5.41, 5.74) is 12.5. The average molecular weight is 356 g/mol. The average Bonchev–Trinajstić information content (AvgIpc) is 2.64. The molecule has 136 valence electrons. The van der Waals surface area contributed by atoms with Crippen LogP contribution in [-0.4, -0.2) is 34.1 Å². The van der Waals surface area contributed by atoms with E-state index in [1.165, 1.54) is 11.6 Å². The zero-order chi connectivity index (χ0) is 18.7. The zero-order valence-electron chi connectivity index (χ0n) is 14.4. The minimum atomic E-state index is -0.165. The Balaban J connectivity index is 1.88. The highest BCUT2D eigenvalue weighted by Crippen LogP contribution is 2.37. The Morgan fingerprint density at radius 1 is 1.42 bits per heavy atom. The number of aromatic hydroxyl groups is 2. The Morgan fingerprint density at radius 3 is 2.92 bits per heavy atom. The molecule has 1 unspecified atom stereocenters. The molecule has 0 fully saturated rings. The lowest BCUT2D eigenvalue weighted by Crippen LogP contribution is -2.42. The third-order valence-corrected chi connectivity index (χ3v) is 5.04. The maximum absolute atomic E-state index is 11.6. The van der Waals surface area contributed by atoms with Gasteiger partial charge < -0.3 is 20.0 Å². The van der Waals surface area contributed by atoms with Gasteiger partial charge in [0.1, 0.15) is 11.0 Å². The van der Waals surface area contributed by atoms with E-state index in [0.29, 0.717) is 31.6 Å². The molecule has 2 N–H and O–H groups in total. The van der Waals surface area contributed by atoms with E-state index in [0.717, 1.165) is 29.5 Å². The Morgan fingerprint density at radius 2 is 2.19 bits per heavy atom. The lowest BCUT2D eigenvalue weighted by molar-refractivity contribution is -0.119. The van der Waals surface area contributed by atoms with E-state index >= 15 is 0 Å². The zero-order valence-corrected chi connectivity index (χ0v) is 14.4. The summed E-state index contributed by atoms with van der Waals surface area (Å²) in [6, 6.07) is 2.97. The molecule has 0 saturated heterocycles. The number of carbonyl (C=O) groups excluding carboxylic acids is 1. The number of aryl methyl sites for hydroxylation is 1. The number of azide groups is 1. The van der Waals surface area contributed by atoms with Crippen molar-refractivity contribution in [3.05, 3.63) is 56.7 Å². The summed E-state index contributed by atoms with van der Waals surface area (Å²) in [7, 11) is 0. The highest BCUT2D eigenvalue weighted by molar-refractivity contribution is 5.53.